The zero-order chi connectivity index (χ0) is 15.9. The first-order chi connectivity index (χ1) is 10.6. The van der Waals surface area contributed by atoms with E-state index in [1.54, 1.807) is 7.11 Å². The van der Waals surface area contributed by atoms with Crippen LogP contribution in [0.15, 0.2) is 30.6 Å². The molecule has 0 heterocycles. The molecule has 1 aromatic carbocycles. The SMILES string of the molecule is C=C(NCc1cc(COC)ccc1COC1CC1)NC(C)C. The third kappa shape index (κ3) is 5.70. The molecular formula is C18H28N2O2. The molecule has 0 saturated heterocycles. The first kappa shape index (κ1) is 16.8. The normalized spacial score (nSPS) is 14.2. The van der Waals surface area contributed by atoms with E-state index in [0.717, 1.165) is 12.4 Å². The lowest BCUT2D eigenvalue weighted by Gasteiger charge is -2.17. The Kier molecular flexibility index (Phi) is 6.28. The third-order valence-corrected chi connectivity index (χ3v) is 3.54. The molecule has 22 heavy (non-hydrogen) atoms. The summed E-state index contributed by atoms with van der Waals surface area (Å²) in [6, 6.07) is 6.81. The molecule has 0 radical (unpaired) electrons. The molecule has 1 saturated carbocycles. The Morgan fingerprint density at radius 2 is 2.05 bits per heavy atom. The molecule has 0 spiro atoms. The Balaban J connectivity index is 1.99. The van der Waals surface area contributed by atoms with E-state index < -0.39 is 0 Å². The Bertz CT molecular complexity index is 496. The minimum atomic E-state index is 0.373. The Labute approximate surface area is 133 Å². The van der Waals surface area contributed by atoms with Crippen LogP contribution in [0.25, 0.3) is 0 Å². The maximum absolute atomic E-state index is 5.85. The molecule has 0 aromatic heterocycles. The van der Waals surface area contributed by atoms with Crippen LogP contribution in [0.5, 0.6) is 0 Å². The monoisotopic (exact) mass is 304 g/mol. The maximum Gasteiger partial charge on any atom is 0.0917 e. The van der Waals surface area contributed by atoms with Crippen LogP contribution >= 0.6 is 0 Å². The van der Waals surface area contributed by atoms with Gasteiger partial charge in [0.05, 0.1) is 25.1 Å². The van der Waals surface area contributed by atoms with Gasteiger partial charge in [-0.25, -0.2) is 0 Å². The van der Waals surface area contributed by atoms with E-state index in [-0.39, 0.29) is 0 Å². The molecule has 122 valence electrons. The minimum absolute atomic E-state index is 0.373. The largest absolute Gasteiger partial charge is 0.380 e. The van der Waals surface area contributed by atoms with Gasteiger partial charge in [0.15, 0.2) is 0 Å². The van der Waals surface area contributed by atoms with Gasteiger partial charge in [-0.2, -0.15) is 0 Å². The molecule has 0 unspecified atom stereocenters. The molecule has 1 fully saturated rings. The fraction of sp³-hybridized carbons (Fsp3) is 0.556. The molecule has 1 aliphatic rings. The second-order valence-corrected chi connectivity index (χ2v) is 6.18. The summed E-state index contributed by atoms with van der Waals surface area (Å²) in [7, 11) is 1.72. The number of nitrogens with one attached hydrogen (secondary N) is 2. The second-order valence-electron chi connectivity index (χ2n) is 6.18. The summed E-state index contributed by atoms with van der Waals surface area (Å²) < 4.78 is 11.1. The highest BCUT2D eigenvalue weighted by molar-refractivity contribution is 5.32. The van der Waals surface area contributed by atoms with Gasteiger partial charge in [-0.15, -0.1) is 0 Å². The highest BCUT2D eigenvalue weighted by Crippen LogP contribution is 2.25. The van der Waals surface area contributed by atoms with Crippen molar-refractivity contribution in [2.24, 2.45) is 0 Å². The summed E-state index contributed by atoms with van der Waals surface area (Å²) in [6.45, 7) is 10.2. The van der Waals surface area contributed by atoms with Crippen LogP contribution in [0, 0.1) is 0 Å². The van der Waals surface area contributed by atoms with E-state index in [9.17, 15) is 0 Å². The quantitative estimate of drug-likeness (QED) is 0.697. The molecule has 2 rings (SSSR count). The van der Waals surface area contributed by atoms with Crippen molar-refractivity contribution in [3.63, 3.8) is 0 Å². The van der Waals surface area contributed by atoms with Crippen molar-refractivity contribution < 1.29 is 9.47 Å². The summed E-state index contributed by atoms with van der Waals surface area (Å²) in [6.07, 6.45) is 2.87. The van der Waals surface area contributed by atoms with Crippen molar-refractivity contribution in [2.45, 2.75) is 58.6 Å². The van der Waals surface area contributed by atoms with Crippen LogP contribution in [0.4, 0.5) is 0 Å². The number of benzene rings is 1. The summed E-state index contributed by atoms with van der Waals surface area (Å²) >= 11 is 0. The number of hydrogen-bond acceptors (Lipinski definition) is 4. The van der Waals surface area contributed by atoms with Gasteiger partial charge in [-0.3, -0.25) is 0 Å². The zero-order valence-corrected chi connectivity index (χ0v) is 13.9. The maximum atomic E-state index is 5.85. The number of methoxy groups -OCH3 is 1. The van der Waals surface area contributed by atoms with Crippen molar-refractivity contribution in [2.75, 3.05) is 7.11 Å². The van der Waals surface area contributed by atoms with Crippen molar-refractivity contribution in [1.82, 2.24) is 10.6 Å². The van der Waals surface area contributed by atoms with Crippen molar-refractivity contribution in [3.05, 3.63) is 47.3 Å². The highest BCUT2D eigenvalue weighted by Gasteiger charge is 2.22. The Morgan fingerprint density at radius 3 is 2.68 bits per heavy atom. The Morgan fingerprint density at radius 1 is 1.27 bits per heavy atom. The van der Waals surface area contributed by atoms with Gasteiger partial charge in [-0.1, -0.05) is 24.8 Å². The first-order valence-corrected chi connectivity index (χ1v) is 7.99. The van der Waals surface area contributed by atoms with Gasteiger partial charge < -0.3 is 20.1 Å². The van der Waals surface area contributed by atoms with Crippen LogP contribution < -0.4 is 10.6 Å². The number of rotatable bonds is 10. The van der Waals surface area contributed by atoms with Gasteiger partial charge in [0.25, 0.3) is 0 Å². The average Bonchev–Trinajstić information content (AvgIpc) is 3.28. The molecule has 0 aliphatic heterocycles. The van der Waals surface area contributed by atoms with E-state index in [1.165, 1.54) is 29.5 Å². The van der Waals surface area contributed by atoms with Gasteiger partial charge in [-0.05, 0) is 43.4 Å². The summed E-state index contributed by atoms with van der Waals surface area (Å²) in [5.41, 5.74) is 3.65. The summed E-state index contributed by atoms with van der Waals surface area (Å²) in [5.74, 6) is 0.848. The first-order valence-electron chi connectivity index (χ1n) is 7.99. The molecular weight excluding hydrogens is 276 g/mol. The molecule has 1 aliphatic carbocycles. The lowest BCUT2D eigenvalue weighted by Crippen LogP contribution is -2.30. The second kappa shape index (κ2) is 8.20. The topological polar surface area (TPSA) is 42.5 Å². The average molecular weight is 304 g/mol. The van der Waals surface area contributed by atoms with E-state index in [4.69, 9.17) is 9.47 Å². The van der Waals surface area contributed by atoms with E-state index in [1.807, 2.05) is 0 Å². The number of hydrogen-bond donors (Lipinski definition) is 2. The fourth-order valence-corrected chi connectivity index (χ4v) is 2.28. The van der Waals surface area contributed by atoms with E-state index >= 15 is 0 Å². The molecule has 4 heteroatoms. The molecule has 0 atom stereocenters. The van der Waals surface area contributed by atoms with E-state index in [2.05, 4.69) is 49.3 Å². The lowest BCUT2D eigenvalue weighted by molar-refractivity contribution is 0.105. The smallest absolute Gasteiger partial charge is 0.0917 e. The van der Waals surface area contributed by atoms with E-state index in [0.29, 0.717) is 25.4 Å². The Hall–Kier alpha value is -1.52. The molecule has 2 N–H and O–H groups in total. The van der Waals surface area contributed by atoms with Crippen LogP contribution in [0.1, 0.15) is 43.4 Å². The molecule has 1 aromatic rings. The molecule has 0 amide bonds. The van der Waals surface area contributed by atoms with Gasteiger partial charge in [0, 0.05) is 19.7 Å². The predicted octanol–water partition coefficient (Wildman–Crippen LogP) is 3.07. The van der Waals surface area contributed by atoms with Crippen LogP contribution in [-0.4, -0.2) is 19.3 Å². The molecule has 4 nitrogen and oxygen atoms in total. The van der Waals surface area contributed by atoms with Gasteiger partial charge >= 0.3 is 0 Å². The van der Waals surface area contributed by atoms with Crippen molar-refractivity contribution in [1.29, 1.82) is 0 Å². The molecule has 0 bridgehead atoms. The van der Waals surface area contributed by atoms with Crippen molar-refractivity contribution >= 4 is 0 Å². The standard InChI is InChI=1S/C18H28N2O2/c1-13(2)20-14(3)19-10-17-9-15(11-21-4)5-6-16(17)12-22-18-7-8-18/h5-6,9,13,18-20H,3,7-8,10-12H2,1-2,4H3. The highest BCUT2D eigenvalue weighted by atomic mass is 16.5. The van der Waals surface area contributed by atoms with Crippen LogP contribution in [0.2, 0.25) is 0 Å². The van der Waals surface area contributed by atoms with Crippen LogP contribution in [0.3, 0.4) is 0 Å². The summed E-state index contributed by atoms with van der Waals surface area (Å²) in [4.78, 5) is 0. The van der Waals surface area contributed by atoms with Gasteiger partial charge in [0.2, 0.25) is 0 Å². The number of ether oxygens (including phenoxy) is 2. The zero-order valence-electron chi connectivity index (χ0n) is 13.9. The minimum Gasteiger partial charge on any atom is -0.380 e. The third-order valence-electron chi connectivity index (χ3n) is 3.54. The summed E-state index contributed by atoms with van der Waals surface area (Å²) in [5, 5.41) is 6.61. The van der Waals surface area contributed by atoms with Crippen LogP contribution in [-0.2, 0) is 29.2 Å². The van der Waals surface area contributed by atoms with Crippen molar-refractivity contribution in [3.8, 4) is 0 Å². The lowest BCUT2D eigenvalue weighted by atomic mass is 10.0. The predicted molar refractivity (Wildman–Crippen MR) is 89.2 cm³/mol. The van der Waals surface area contributed by atoms with Gasteiger partial charge in [0.1, 0.15) is 0 Å². The fourth-order valence-electron chi connectivity index (χ4n) is 2.28.